The molecule has 0 aromatic heterocycles. The average molecular weight is 294 g/mol. The molecule has 6 rings (SSSR count). The van der Waals surface area contributed by atoms with Crippen molar-refractivity contribution in [3.63, 3.8) is 0 Å². The lowest BCUT2D eigenvalue weighted by Crippen LogP contribution is -2.52. The third kappa shape index (κ3) is 1.38. The second-order valence-corrected chi connectivity index (χ2v) is 8.08. The topological polar surface area (TPSA) is 26.3 Å². The van der Waals surface area contributed by atoms with Crippen molar-refractivity contribution in [1.29, 1.82) is 0 Å². The molecule has 6 atom stereocenters. The lowest BCUT2D eigenvalue weighted by Gasteiger charge is -2.53. The molecule has 4 bridgehead atoms. The quantitative estimate of drug-likeness (QED) is 0.786. The Morgan fingerprint density at radius 1 is 1.23 bits per heavy atom. The van der Waals surface area contributed by atoms with Crippen molar-refractivity contribution < 1.29 is 9.53 Å². The highest BCUT2D eigenvalue weighted by atomic mass is 16.5. The van der Waals surface area contributed by atoms with Crippen LogP contribution >= 0.6 is 0 Å². The van der Waals surface area contributed by atoms with Gasteiger partial charge in [-0.1, -0.05) is 37.3 Å². The van der Waals surface area contributed by atoms with Gasteiger partial charge in [0.2, 0.25) is 0 Å². The summed E-state index contributed by atoms with van der Waals surface area (Å²) >= 11 is 0. The number of ether oxygens (including phenoxy) is 1. The Balaban J connectivity index is 1.73. The van der Waals surface area contributed by atoms with E-state index in [9.17, 15) is 4.79 Å². The number of hydrogen-bond donors (Lipinski definition) is 0. The number of benzene rings is 1. The molecular formula is C20H22O2. The van der Waals surface area contributed by atoms with Gasteiger partial charge in [0.05, 0.1) is 11.7 Å². The van der Waals surface area contributed by atoms with Gasteiger partial charge in [-0.2, -0.15) is 0 Å². The summed E-state index contributed by atoms with van der Waals surface area (Å²) in [5.41, 5.74) is 2.73. The SMILES string of the molecule is CC1C(=O)C=C(c2ccccc2)C23CC4CC(OC4(C)C2)C13. The highest BCUT2D eigenvalue weighted by Gasteiger charge is 2.70. The van der Waals surface area contributed by atoms with Crippen molar-refractivity contribution >= 4 is 11.4 Å². The van der Waals surface area contributed by atoms with Crippen LogP contribution < -0.4 is 0 Å². The first-order chi connectivity index (χ1) is 10.5. The Bertz CT molecular complexity index is 691. The second-order valence-electron chi connectivity index (χ2n) is 8.08. The maximum Gasteiger partial charge on any atom is 0.159 e. The lowest BCUT2D eigenvalue weighted by atomic mass is 9.54. The molecule has 2 heteroatoms. The van der Waals surface area contributed by atoms with Gasteiger partial charge in [0, 0.05) is 17.3 Å². The van der Waals surface area contributed by atoms with Crippen LogP contribution in [0.5, 0.6) is 0 Å². The molecular weight excluding hydrogens is 272 g/mol. The fourth-order valence-corrected chi connectivity index (χ4v) is 6.24. The molecule has 5 aliphatic rings. The fraction of sp³-hybridized carbons (Fsp3) is 0.550. The van der Waals surface area contributed by atoms with Crippen molar-refractivity contribution in [3.8, 4) is 0 Å². The molecule has 22 heavy (non-hydrogen) atoms. The maximum absolute atomic E-state index is 12.6. The zero-order valence-corrected chi connectivity index (χ0v) is 13.2. The van der Waals surface area contributed by atoms with Crippen molar-refractivity contribution in [2.24, 2.45) is 23.2 Å². The highest BCUT2D eigenvalue weighted by molar-refractivity contribution is 6.02. The van der Waals surface area contributed by atoms with Crippen molar-refractivity contribution in [1.82, 2.24) is 0 Å². The van der Waals surface area contributed by atoms with E-state index in [0.29, 0.717) is 11.8 Å². The van der Waals surface area contributed by atoms with E-state index in [-0.39, 0.29) is 28.8 Å². The molecule has 3 aliphatic carbocycles. The first-order valence-corrected chi connectivity index (χ1v) is 8.53. The molecule has 4 fully saturated rings. The molecule has 1 aromatic carbocycles. The number of rotatable bonds is 1. The molecule has 114 valence electrons. The number of allylic oxidation sites excluding steroid dienone is 2. The predicted molar refractivity (Wildman–Crippen MR) is 85.1 cm³/mol. The largest absolute Gasteiger partial charge is 0.371 e. The van der Waals surface area contributed by atoms with Gasteiger partial charge < -0.3 is 4.74 Å². The van der Waals surface area contributed by atoms with Gasteiger partial charge in [-0.25, -0.2) is 0 Å². The monoisotopic (exact) mass is 294 g/mol. The van der Waals surface area contributed by atoms with Crippen LogP contribution in [0.3, 0.4) is 0 Å². The van der Waals surface area contributed by atoms with Crippen molar-refractivity contribution in [2.45, 2.75) is 44.8 Å². The summed E-state index contributed by atoms with van der Waals surface area (Å²) in [5, 5.41) is 0. The zero-order valence-electron chi connectivity index (χ0n) is 13.2. The number of ketones is 1. The Hall–Kier alpha value is -1.41. The summed E-state index contributed by atoms with van der Waals surface area (Å²) < 4.78 is 6.43. The molecule has 0 radical (unpaired) electrons. The first kappa shape index (κ1) is 13.1. The molecule has 0 amide bonds. The summed E-state index contributed by atoms with van der Waals surface area (Å²) in [6, 6.07) is 10.5. The van der Waals surface area contributed by atoms with Gasteiger partial charge in [0.15, 0.2) is 5.78 Å². The van der Waals surface area contributed by atoms with Gasteiger partial charge in [0.1, 0.15) is 0 Å². The van der Waals surface area contributed by atoms with Crippen molar-refractivity contribution in [3.05, 3.63) is 42.0 Å². The molecule has 1 spiro atoms. The van der Waals surface area contributed by atoms with E-state index in [1.807, 2.05) is 12.1 Å². The second kappa shape index (κ2) is 3.91. The smallest absolute Gasteiger partial charge is 0.159 e. The van der Waals surface area contributed by atoms with E-state index >= 15 is 0 Å². The Morgan fingerprint density at radius 3 is 2.73 bits per heavy atom. The molecule has 1 aromatic rings. The minimum absolute atomic E-state index is 0.0368. The third-order valence-corrected chi connectivity index (χ3v) is 7.01. The third-order valence-electron chi connectivity index (χ3n) is 7.01. The normalized spacial score (nSPS) is 48.5. The standard InChI is InChI=1S/C20H22O2/c1-12-16(21)9-15(13-6-4-3-5-7-13)20-10-14-8-17(18(12)20)22-19(14,2)11-20/h3-7,9,12,14,17-18H,8,10-11H2,1-2H3. The fourth-order valence-electron chi connectivity index (χ4n) is 6.24. The molecule has 2 saturated carbocycles. The van der Waals surface area contributed by atoms with Crippen LogP contribution in [0, 0.1) is 23.2 Å². The summed E-state index contributed by atoms with van der Waals surface area (Å²) in [5.74, 6) is 1.42. The van der Waals surface area contributed by atoms with Gasteiger partial charge in [-0.05, 0) is 49.3 Å². The molecule has 6 unspecified atom stereocenters. The molecule has 2 aliphatic heterocycles. The van der Waals surface area contributed by atoms with E-state index in [1.165, 1.54) is 17.6 Å². The molecule has 2 heterocycles. The number of carbonyl (C=O) groups excluding carboxylic acids is 1. The van der Waals surface area contributed by atoms with E-state index < -0.39 is 0 Å². The van der Waals surface area contributed by atoms with E-state index in [0.717, 1.165) is 12.8 Å². The van der Waals surface area contributed by atoms with Crippen LogP contribution in [-0.4, -0.2) is 17.5 Å². The summed E-state index contributed by atoms with van der Waals surface area (Å²) in [4.78, 5) is 12.6. The van der Waals surface area contributed by atoms with E-state index in [1.54, 1.807) is 0 Å². The molecule has 0 N–H and O–H groups in total. The van der Waals surface area contributed by atoms with Crippen LogP contribution in [-0.2, 0) is 9.53 Å². The Kier molecular flexibility index (Phi) is 2.32. The Labute approximate surface area is 131 Å². The predicted octanol–water partition coefficient (Wildman–Crippen LogP) is 3.86. The zero-order chi connectivity index (χ0) is 15.1. The van der Waals surface area contributed by atoms with Crippen LogP contribution in [0.25, 0.3) is 5.57 Å². The summed E-state index contributed by atoms with van der Waals surface area (Å²) in [6.07, 6.45) is 5.69. The lowest BCUT2D eigenvalue weighted by molar-refractivity contribution is -0.146. The van der Waals surface area contributed by atoms with Crippen LogP contribution in [0.4, 0.5) is 0 Å². The van der Waals surface area contributed by atoms with E-state index in [4.69, 9.17) is 4.74 Å². The van der Waals surface area contributed by atoms with Crippen molar-refractivity contribution in [2.75, 3.05) is 0 Å². The maximum atomic E-state index is 12.6. The van der Waals surface area contributed by atoms with E-state index in [2.05, 4.69) is 38.1 Å². The van der Waals surface area contributed by atoms with Gasteiger partial charge in [0.25, 0.3) is 0 Å². The van der Waals surface area contributed by atoms with Crippen LogP contribution in [0.1, 0.15) is 38.7 Å². The number of carbonyl (C=O) groups is 1. The van der Waals surface area contributed by atoms with Gasteiger partial charge in [-0.3, -0.25) is 4.79 Å². The molecule has 2 nitrogen and oxygen atoms in total. The minimum Gasteiger partial charge on any atom is -0.371 e. The van der Waals surface area contributed by atoms with Gasteiger partial charge >= 0.3 is 0 Å². The van der Waals surface area contributed by atoms with Crippen LogP contribution in [0.2, 0.25) is 0 Å². The first-order valence-electron chi connectivity index (χ1n) is 8.53. The van der Waals surface area contributed by atoms with Crippen LogP contribution in [0.15, 0.2) is 36.4 Å². The van der Waals surface area contributed by atoms with Gasteiger partial charge in [-0.15, -0.1) is 0 Å². The Morgan fingerprint density at radius 2 is 2.00 bits per heavy atom. The molecule has 2 saturated heterocycles. The summed E-state index contributed by atoms with van der Waals surface area (Å²) in [7, 11) is 0. The highest BCUT2D eigenvalue weighted by Crippen LogP contribution is 2.72. The summed E-state index contributed by atoms with van der Waals surface area (Å²) in [6.45, 7) is 4.41. The average Bonchev–Trinajstić information content (AvgIpc) is 2.87. The number of hydrogen-bond acceptors (Lipinski definition) is 2. The minimum atomic E-state index is 0.0368.